The summed E-state index contributed by atoms with van der Waals surface area (Å²) in [5, 5.41) is 44.8. The molecule has 0 aromatic heterocycles. The number of nitrogens with two attached hydrogens (primary N) is 5. The molecular weight excluding hydrogens is 699 g/mol. The molecule has 0 saturated heterocycles. The van der Waals surface area contributed by atoms with Crippen LogP contribution < -0.4 is 28.7 Å². The quantitative estimate of drug-likeness (QED) is 0.0422. The minimum absolute atomic E-state index is 0.0290. The number of nitrogen functional groups attached to an aromatic ring is 5. The predicted molar refractivity (Wildman–Crippen MR) is 205 cm³/mol. The number of rotatable bonds is 9. The van der Waals surface area contributed by atoms with E-state index in [9.17, 15) is 18.1 Å². The van der Waals surface area contributed by atoms with Crippen molar-refractivity contribution in [2.45, 2.75) is 11.8 Å². The van der Waals surface area contributed by atoms with Crippen LogP contribution in [0.1, 0.15) is 5.56 Å². The largest absolute Gasteiger partial charge is 0.505 e. The van der Waals surface area contributed by atoms with Crippen molar-refractivity contribution in [3.05, 3.63) is 103 Å². The summed E-state index contributed by atoms with van der Waals surface area (Å²) in [6, 6.07) is 25.4. The Morgan fingerprint density at radius 2 is 0.943 bits per heavy atom. The molecule has 18 heteroatoms. The summed E-state index contributed by atoms with van der Waals surface area (Å²) in [7, 11) is -4.84. The van der Waals surface area contributed by atoms with Gasteiger partial charge >= 0.3 is 0 Å². The Labute approximate surface area is 302 Å². The van der Waals surface area contributed by atoms with Gasteiger partial charge < -0.3 is 33.8 Å². The Kier molecular flexibility index (Phi) is 9.72. The van der Waals surface area contributed by atoms with E-state index in [1.54, 1.807) is 97.9 Å². The third kappa shape index (κ3) is 8.03. The maximum atomic E-state index is 12.4. The van der Waals surface area contributed by atoms with Gasteiger partial charge in [0.1, 0.15) is 27.6 Å². The standard InChI is InChI=1S/C35H31N13O4S/c1-18-14-19-15-30(53(50,51)52)34(48-44-25-10-6-23(7-11-25)42-46-29-13-3-21(37)17-27(29)39)32(40)31(19)35(49)33(18)47-43-24-8-4-22(5-9-24)41-45-28-12-2-20(36)16-26(28)38/h2-17,49H,36-40H2,1H3,(H,50,51,52). The Morgan fingerprint density at radius 3 is 1.36 bits per heavy atom. The highest BCUT2D eigenvalue weighted by Gasteiger charge is 2.24. The number of anilines is 5. The minimum atomic E-state index is -4.84. The molecule has 0 heterocycles. The van der Waals surface area contributed by atoms with Crippen LogP contribution >= 0.6 is 0 Å². The van der Waals surface area contributed by atoms with E-state index in [4.69, 9.17) is 28.7 Å². The molecule has 0 radical (unpaired) electrons. The van der Waals surface area contributed by atoms with E-state index in [2.05, 4.69) is 40.9 Å². The molecule has 266 valence electrons. The van der Waals surface area contributed by atoms with Crippen molar-refractivity contribution < 1.29 is 18.1 Å². The lowest BCUT2D eigenvalue weighted by Gasteiger charge is -2.13. The SMILES string of the molecule is Cc1cc2cc(S(=O)(=O)O)c(N=Nc3ccc(N=Nc4ccc(N)cc4N)cc3)c(N)c2c(O)c1N=Nc1ccc(N=Nc2ccc(N)cc2N)cc1. The summed E-state index contributed by atoms with van der Waals surface area (Å²) in [6.45, 7) is 1.64. The van der Waals surface area contributed by atoms with Crippen LogP contribution in [0.15, 0.2) is 143 Å². The van der Waals surface area contributed by atoms with E-state index in [0.29, 0.717) is 62.4 Å². The van der Waals surface area contributed by atoms with Crippen molar-refractivity contribution in [1.29, 1.82) is 0 Å². The van der Waals surface area contributed by atoms with Gasteiger partial charge in [0, 0.05) is 11.4 Å². The van der Waals surface area contributed by atoms with Gasteiger partial charge in [-0.2, -0.15) is 28.9 Å². The van der Waals surface area contributed by atoms with Crippen molar-refractivity contribution >= 4 is 94.8 Å². The first-order valence-corrected chi connectivity index (χ1v) is 16.9. The lowest BCUT2D eigenvalue weighted by atomic mass is 10.0. The normalized spacial score (nSPS) is 12.3. The van der Waals surface area contributed by atoms with Crippen LogP contribution in [-0.2, 0) is 10.1 Å². The van der Waals surface area contributed by atoms with Gasteiger partial charge in [0.2, 0.25) is 0 Å². The van der Waals surface area contributed by atoms with Gasteiger partial charge in [-0.1, -0.05) is 0 Å². The van der Waals surface area contributed by atoms with Crippen LogP contribution in [0, 0.1) is 6.92 Å². The van der Waals surface area contributed by atoms with E-state index in [1.807, 2.05) is 0 Å². The van der Waals surface area contributed by atoms with E-state index in [0.717, 1.165) is 6.07 Å². The van der Waals surface area contributed by atoms with Gasteiger partial charge in [-0.15, -0.1) is 20.5 Å². The van der Waals surface area contributed by atoms with Gasteiger partial charge in [0.15, 0.2) is 5.75 Å². The van der Waals surface area contributed by atoms with Crippen molar-refractivity contribution in [2.24, 2.45) is 40.9 Å². The first-order chi connectivity index (χ1) is 25.3. The molecule has 53 heavy (non-hydrogen) atoms. The smallest absolute Gasteiger partial charge is 0.296 e. The number of aryl methyl sites for hydroxylation is 1. The zero-order valence-electron chi connectivity index (χ0n) is 27.8. The maximum absolute atomic E-state index is 12.4. The Morgan fingerprint density at radius 1 is 0.528 bits per heavy atom. The van der Waals surface area contributed by atoms with Gasteiger partial charge in [-0.05, 0) is 115 Å². The minimum Gasteiger partial charge on any atom is -0.505 e. The first-order valence-electron chi connectivity index (χ1n) is 15.5. The van der Waals surface area contributed by atoms with Crippen LogP contribution in [-0.4, -0.2) is 18.1 Å². The zero-order valence-corrected chi connectivity index (χ0v) is 28.6. The van der Waals surface area contributed by atoms with Crippen LogP contribution in [0.25, 0.3) is 10.8 Å². The highest BCUT2D eigenvalue weighted by Crippen LogP contribution is 2.47. The van der Waals surface area contributed by atoms with E-state index in [1.165, 1.54) is 0 Å². The number of phenols is 1. The molecule has 0 aliphatic rings. The molecule has 0 fully saturated rings. The zero-order chi connectivity index (χ0) is 37.9. The number of phenolic OH excluding ortho intramolecular Hbond substituents is 1. The second-order valence-corrected chi connectivity index (χ2v) is 13.0. The highest BCUT2D eigenvalue weighted by molar-refractivity contribution is 7.86. The maximum Gasteiger partial charge on any atom is 0.296 e. The van der Waals surface area contributed by atoms with Crippen LogP contribution in [0.3, 0.4) is 0 Å². The molecule has 6 aromatic rings. The fourth-order valence-electron chi connectivity index (χ4n) is 5.04. The van der Waals surface area contributed by atoms with Crippen LogP contribution in [0.4, 0.5) is 73.9 Å². The summed E-state index contributed by atoms with van der Waals surface area (Å²) in [6.07, 6.45) is 0. The summed E-state index contributed by atoms with van der Waals surface area (Å²) in [5.74, 6) is -0.387. The number of azo groups is 4. The molecule has 0 unspecified atom stereocenters. The first kappa shape index (κ1) is 35.5. The lowest BCUT2D eigenvalue weighted by molar-refractivity contribution is 0.480. The second kappa shape index (κ2) is 14.5. The molecule has 12 N–H and O–H groups in total. The van der Waals surface area contributed by atoms with Crippen LogP contribution in [0.5, 0.6) is 5.75 Å². The molecule has 0 spiro atoms. The van der Waals surface area contributed by atoms with Gasteiger partial charge in [-0.25, -0.2) is 0 Å². The summed E-state index contributed by atoms with van der Waals surface area (Å²) < 4.78 is 34.9. The van der Waals surface area contributed by atoms with Crippen molar-refractivity contribution in [3.8, 4) is 5.75 Å². The molecule has 17 nitrogen and oxygen atoms in total. The van der Waals surface area contributed by atoms with E-state index < -0.39 is 20.7 Å². The topological polar surface area (TPSA) is 304 Å². The molecule has 0 bridgehead atoms. The fraction of sp³-hybridized carbons (Fsp3) is 0.0286. The molecular formula is C35H31N13O4S. The van der Waals surface area contributed by atoms with Crippen LogP contribution in [0.2, 0.25) is 0 Å². The lowest BCUT2D eigenvalue weighted by Crippen LogP contribution is -2.02. The Hall–Kier alpha value is -7.31. The van der Waals surface area contributed by atoms with Gasteiger partial charge in [0.25, 0.3) is 10.1 Å². The Bertz CT molecular complexity index is 2610. The van der Waals surface area contributed by atoms with Crippen molar-refractivity contribution in [3.63, 3.8) is 0 Å². The summed E-state index contributed by atoms with van der Waals surface area (Å²) in [5.41, 5.74) is 33.9. The van der Waals surface area contributed by atoms with Gasteiger partial charge in [0.05, 0.1) is 45.2 Å². The van der Waals surface area contributed by atoms with Crippen molar-refractivity contribution in [1.82, 2.24) is 0 Å². The molecule has 0 atom stereocenters. The molecule has 0 aliphatic carbocycles. The number of fused-ring (bicyclic) bond motifs is 1. The molecule has 0 aliphatic heterocycles. The molecule has 6 rings (SSSR count). The highest BCUT2D eigenvalue weighted by atomic mass is 32.2. The number of hydrogen-bond donors (Lipinski definition) is 7. The molecule has 6 aromatic carbocycles. The average molecular weight is 730 g/mol. The van der Waals surface area contributed by atoms with E-state index >= 15 is 0 Å². The molecule has 0 saturated carbocycles. The monoisotopic (exact) mass is 729 g/mol. The predicted octanol–water partition coefficient (Wildman–Crippen LogP) is 9.67. The average Bonchev–Trinajstić information content (AvgIpc) is 3.10. The number of nitrogens with zero attached hydrogens (tertiary/aromatic N) is 8. The number of hydrogen-bond acceptors (Lipinski definition) is 16. The van der Waals surface area contributed by atoms with Gasteiger partial charge in [-0.3, -0.25) is 4.55 Å². The summed E-state index contributed by atoms with van der Waals surface area (Å²) >= 11 is 0. The number of aromatic hydroxyl groups is 1. The Balaban J connectivity index is 1.27. The van der Waals surface area contributed by atoms with Crippen molar-refractivity contribution in [2.75, 3.05) is 28.7 Å². The molecule has 0 amide bonds. The van der Waals surface area contributed by atoms with E-state index in [-0.39, 0.29) is 27.9 Å². The number of benzene rings is 6. The fourth-order valence-corrected chi connectivity index (χ4v) is 5.71. The third-order valence-electron chi connectivity index (χ3n) is 7.70. The second-order valence-electron chi connectivity index (χ2n) is 11.6. The third-order valence-corrected chi connectivity index (χ3v) is 8.56. The summed E-state index contributed by atoms with van der Waals surface area (Å²) in [4.78, 5) is -0.609.